The lowest BCUT2D eigenvalue weighted by Gasteiger charge is -2.25. The molecule has 0 fully saturated rings. The Morgan fingerprint density at radius 3 is 0.983 bits per heavy atom. The van der Waals surface area contributed by atoms with Crippen LogP contribution in [-0.4, -0.2) is 62.5 Å². The maximum absolute atomic E-state index is 12.6. The lowest BCUT2D eigenvalue weighted by Crippen LogP contribution is -2.19. The summed E-state index contributed by atoms with van der Waals surface area (Å²) in [6.07, 6.45) is 5.00. The maximum Gasteiger partial charge on any atom is 0.344 e. The number of carbonyl (C=O) groups excluding carboxylic acids is 3. The third kappa shape index (κ3) is 13.4. The molecule has 0 spiro atoms. The van der Waals surface area contributed by atoms with Gasteiger partial charge >= 0.3 is 17.9 Å². The third-order valence-corrected chi connectivity index (χ3v) is 10.3. The Morgan fingerprint density at radius 2 is 0.763 bits per heavy atom. The van der Waals surface area contributed by atoms with Gasteiger partial charge < -0.3 is 28.4 Å². The molecule has 0 saturated heterocycles. The van der Waals surface area contributed by atoms with Crippen LogP contribution in [0.15, 0.2) is 36.4 Å². The van der Waals surface area contributed by atoms with Gasteiger partial charge in [-0.2, -0.15) is 0 Å². The molecule has 0 saturated carbocycles. The molecule has 0 aromatic heterocycles. The summed E-state index contributed by atoms with van der Waals surface area (Å²) in [5, 5.41) is 12.4. The highest BCUT2D eigenvalue weighted by atomic mass is 16.6. The monoisotopic (exact) mass is 817 g/mol. The molecular formula is C47H63NO11. The Kier molecular flexibility index (Phi) is 16.7. The van der Waals surface area contributed by atoms with E-state index in [1.165, 1.54) is 12.1 Å². The summed E-state index contributed by atoms with van der Waals surface area (Å²) in [5.74, 6) is 0.183. The number of hydrogen-bond donors (Lipinski definition) is 0. The van der Waals surface area contributed by atoms with Crippen LogP contribution < -0.4 is 14.2 Å². The van der Waals surface area contributed by atoms with E-state index >= 15 is 0 Å². The van der Waals surface area contributed by atoms with Crippen LogP contribution in [0.2, 0.25) is 0 Å². The minimum absolute atomic E-state index is 0.0705. The number of non-ortho nitro benzene ring substituents is 1. The highest BCUT2D eigenvalue weighted by molar-refractivity contribution is 5.72. The summed E-state index contributed by atoms with van der Waals surface area (Å²) in [6, 6.07) is 11.6. The summed E-state index contributed by atoms with van der Waals surface area (Å²) < 4.78 is 34.5. The molecule has 0 N–H and O–H groups in total. The number of ether oxygens (including phenoxy) is 6. The van der Waals surface area contributed by atoms with Crippen molar-refractivity contribution < 1.29 is 47.7 Å². The van der Waals surface area contributed by atoms with Gasteiger partial charge in [-0.3, -0.25) is 10.1 Å². The number of nitro groups is 1. The van der Waals surface area contributed by atoms with Gasteiger partial charge in [-0.05, 0) is 123 Å². The molecule has 4 rings (SSSR count). The van der Waals surface area contributed by atoms with Crippen LogP contribution in [0.4, 0.5) is 5.69 Å². The number of benzene rings is 3. The van der Waals surface area contributed by atoms with E-state index in [9.17, 15) is 24.5 Å². The van der Waals surface area contributed by atoms with E-state index < -0.39 is 22.8 Å². The lowest BCUT2D eigenvalue weighted by atomic mass is 9.82. The molecule has 12 heteroatoms. The molecule has 0 atom stereocenters. The fourth-order valence-corrected chi connectivity index (χ4v) is 7.30. The molecule has 0 unspecified atom stereocenters. The first-order chi connectivity index (χ1) is 27.9. The van der Waals surface area contributed by atoms with Crippen LogP contribution in [0.1, 0.15) is 126 Å². The average Bonchev–Trinajstić information content (AvgIpc) is 3.15. The number of esters is 3. The lowest BCUT2D eigenvalue weighted by molar-refractivity contribution is -0.385. The number of fused-ring (bicyclic) bond motifs is 6. The molecular weight excluding hydrogens is 755 g/mol. The Morgan fingerprint density at radius 1 is 0.508 bits per heavy atom. The van der Waals surface area contributed by atoms with Gasteiger partial charge in [-0.15, -0.1) is 0 Å². The summed E-state index contributed by atoms with van der Waals surface area (Å²) in [6.45, 7) is 17.9. The van der Waals surface area contributed by atoms with Crippen molar-refractivity contribution in [3.05, 3.63) is 91.0 Å². The number of hydrogen-bond acceptors (Lipinski definition) is 11. The topological polar surface area (TPSA) is 150 Å². The highest BCUT2D eigenvalue weighted by Gasteiger charge is 2.25. The van der Waals surface area contributed by atoms with Crippen molar-refractivity contribution in [3.63, 3.8) is 0 Å². The van der Waals surface area contributed by atoms with Crippen LogP contribution in [0.25, 0.3) is 0 Å². The quantitative estimate of drug-likeness (QED) is 0.0705. The van der Waals surface area contributed by atoms with E-state index in [1.807, 2.05) is 0 Å². The second-order valence-electron chi connectivity index (χ2n) is 16.9. The van der Waals surface area contributed by atoms with Crippen molar-refractivity contribution in [2.24, 2.45) is 0 Å². The molecule has 0 radical (unpaired) electrons. The van der Waals surface area contributed by atoms with Crippen molar-refractivity contribution >= 4 is 23.6 Å². The van der Waals surface area contributed by atoms with E-state index in [1.54, 1.807) is 20.8 Å². The predicted octanol–water partition coefficient (Wildman–Crippen LogP) is 8.85. The highest BCUT2D eigenvalue weighted by Crippen LogP contribution is 2.39. The fraction of sp³-hybridized carbons (Fsp3) is 0.553. The molecule has 1 aliphatic rings. The first-order valence-electron chi connectivity index (χ1n) is 20.9. The van der Waals surface area contributed by atoms with Gasteiger partial charge in [-0.25, -0.2) is 14.4 Å². The molecule has 322 valence electrons. The Balaban J connectivity index is 1.96. The van der Waals surface area contributed by atoms with Gasteiger partial charge in [0.15, 0.2) is 19.8 Å². The molecule has 3 aromatic rings. The van der Waals surface area contributed by atoms with E-state index in [2.05, 4.69) is 65.8 Å². The first kappa shape index (κ1) is 46.6. The van der Waals surface area contributed by atoms with Crippen LogP contribution in [0.5, 0.6) is 17.2 Å². The van der Waals surface area contributed by atoms with Crippen LogP contribution in [0.3, 0.4) is 0 Å². The number of aryl methyl sites for hydroxylation is 6. The zero-order chi connectivity index (χ0) is 43.3. The van der Waals surface area contributed by atoms with Crippen molar-refractivity contribution in [1.29, 1.82) is 0 Å². The zero-order valence-corrected chi connectivity index (χ0v) is 36.5. The molecule has 59 heavy (non-hydrogen) atoms. The minimum atomic E-state index is -0.540. The first-order valence-corrected chi connectivity index (χ1v) is 20.9. The van der Waals surface area contributed by atoms with Crippen LogP contribution in [-0.2, 0) is 77.9 Å². The van der Waals surface area contributed by atoms with Gasteiger partial charge in [0.05, 0.1) is 24.7 Å². The SMILES string of the molecule is CCOC(=O)COc1c2cc([N+](=O)[O-])cc1CCCc1cc(C(C)(C)C)cc(c1OCC(=O)OCC)CCCc1cc(C(C)(C)C)cc(c1OCC(=O)OCC)CCC2. The summed E-state index contributed by atoms with van der Waals surface area (Å²) in [7, 11) is 0. The molecule has 0 aliphatic heterocycles. The molecule has 12 nitrogen and oxygen atoms in total. The van der Waals surface area contributed by atoms with Crippen LogP contribution in [0, 0.1) is 10.1 Å². The zero-order valence-electron chi connectivity index (χ0n) is 36.5. The average molecular weight is 818 g/mol. The van der Waals surface area contributed by atoms with E-state index in [0.717, 1.165) is 39.8 Å². The van der Waals surface area contributed by atoms with Crippen LogP contribution >= 0.6 is 0 Å². The number of nitro benzene ring substituents is 1. The Hall–Kier alpha value is -5.13. The molecule has 3 aromatic carbocycles. The van der Waals surface area contributed by atoms with E-state index in [-0.39, 0.29) is 56.2 Å². The van der Waals surface area contributed by atoms with Crippen molar-refractivity contribution in [1.82, 2.24) is 0 Å². The Bertz CT molecular complexity index is 1840. The van der Waals surface area contributed by atoms with Gasteiger partial charge in [0.25, 0.3) is 5.69 Å². The smallest absolute Gasteiger partial charge is 0.344 e. The largest absolute Gasteiger partial charge is 0.481 e. The molecule has 0 amide bonds. The third-order valence-electron chi connectivity index (χ3n) is 10.3. The summed E-state index contributed by atoms with van der Waals surface area (Å²) in [5.41, 5.74) is 6.65. The van der Waals surface area contributed by atoms with Crippen molar-refractivity contribution in [2.45, 2.75) is 131 Å². The standard InChI is InChI=1S/C47H63NO11/c1-10-54-40(49)28-57-43-31-16-13-17-32-23-38(47(7,8)9)25-34(44(32)58-29-41(50)55-11-2)19-15-21-36-27-39(48(52)53)26-35(45(36)59-30-42(51)56-12-3)20-14-18-33(43)24-37(22-31)46(4,5)6/h22-27H,10-21,28-30H2,1-9H3. The minimum Gasteiger partial charge on any atom is -0.481 e. The van der Waals surface area contributed by atoms with Gasteiger partial charge in [0, 0.05) is 23.3 Å². The second kappa shape index (κ2) is 21.2. The number of carbonyl (C=O) groups is 3. The van der Waals surface area contributed by atoms with Crippen molar-refractivity contribution in [3.8, 4) is 17.2 Å². The second-order valence-corrected chi connectivity index (χ2v) is 16.9. The van der Waals surface area contributed by atoms with Gasteiger partial charge in [0.2, 0.25) is 0 Å². The maximum atomic E-state index is 12.6. The van der Waals surface area contributed by atoms with Gasteiger partial charge in [0.1, 0.15) is 17.2 Å². The Labute approximate surface area is 349 Å². The summed E-state index contributed by atoms with van der Waals surface area (Å²) >= 11 is 0. The number of rotatable bonds is 13. The van der Waals surface area contributed by atoms with E-state index in [0.29, 0.717) is 79.7 Å². The fourth-order valence-electron chi connectivity index (χ4n) is 7.30. The number of nitrogens with zero attached hydrogens (tertiary/aromatic N) is 1. The summed E-state index contributed by atoms with van der Waals surface area (Å²) in [4.78, 5) is 49.8. The predicted molar refractivity (Wildman–Crippen MR) is 226 cm³/mol. The van der Waals surface area contributed by atoms with Gasteiger partial charge in [-0.1, -0.05) is 65.8 Å². The van der Waals surface area contributed by atoms with Crippen molar-refractivity contribution in [2.75, 3.05) is 39.6 Å². The van der Waals surface area contributed by atoms with E-state index in [4.69, 9.17) is 28.4 Å². The molecule has 1 aliphatic carbocycles. The molecule has 0 heterocycles. The normalized spacial score (nSPS) is 13.6. The molecule has 6 bridgehead atoms.